The highest BCUT2D eigenvalue weighted by molar-refractivity contribution is 5.26. The van der Waals surface area contributed by atoms with E-state index < -0.39 is 0 Å². The van der Waals surface area contributed by atoms with Crippen molar-refractivity contribution in [3.05, 3.63) is 35.4 Å². The Hall–Kier alpha value is -0.860. The molecule has 20 heavy (non-hydrogen) atoms. The molecule has 1 aromatic rings. The van der Waals surface area contributed by atoms with Crippen molar-refractivity contribution >= 4 is 0 Å². The second kappa shape index (κ2) is 8.43. The summed E-state index contributed by atoms with van der Waals surface area (Å²) in [5.74, 6) is 0.718. The summed E-state index contributed by atoms with van der Waals surface area (Å²) in [6.07, 6.45) is 6.77. The summed E-state index contributed by atoms with van der Waals surface area (Å²) >= 11 is 0. The van der Waals surface area contributed by atoms with E-state index in [0.717, 1.165) is 32.0 Å². The number of benzene rings is 1. The van der Waals surface area contributed by atoms with Gasteiger partial charge in [0, 0.05) is 0 Å². The van der Waals surface area contributed by atoms with E-state index in [4.69, 9.17) is 4.74 Å². The third kappa shape index (κ3) is 5.26. The number of hydrogen-bond donors (Lipinski definition) is 1. The second-order valence-electron chi connectivity index (χ2n) is 6.33. The Morgan fingerprint density at radius 2 is 1.85 bits per heavy atom. The molecule has 1 saturated carbocycles. The van der Waals surface area contributed by atoms with Gasteiger partial charge >= 0.3 is 0 Å². The average molecular weight is 275 g/mol. The monoisotopic (exact) mass is 275 g/mol. The van der Waals surface area contributed by atoms with Gasteiger partial charge in [-0.05, 0) is 49.4 Å². The van der Waals surface area contributed by atoms with E-state index >= 15 is 0 Å². The van der Waals surface area contributed by atoms with Crippen molar-refractivity contribution in [1.82, 2.24) is 5.32 Å². The summed E-state index contributed by atoms with van der Waals surface area (Å²) in [6, 6.07) is 8.71. The maximum atomic E-state index is 6.05. The number of hydrogen-bond acceptors (Lipinski definition) is 2. The SMILES string of the molecule is CC(C)CNCCc1ccccc1COC1CCCC1. The predicted molar refractivity (Wildman–Crippen MR) is 84.9 cm³/mol. The number of rotatable bonds is 8. The Labute approximate surface area is 123 Å². The third-order valence-corrected chi connectivity index (χ3v) is 4.02. The molecule has 2 rings (SSSR count). The lowest BCUT2D eigenvalue weighted by Crippen LogP contribution is -2.22. The van der Waals surface area contributed by atoms with Gasteiger partial charge in [-0.25, -0.2) is 0 Å². The smallest absolute Gasteiger partial charge is 0.0723 e. The highest BCUT2D eigenvalue weighted by Crippen LogP contribution is 2.22. The predicted octanol–water partition coefficient (Wildman–Crippen LogP) is 3.93. The van der Waals surface area contributed by atoms with Gasteiger partial charge in [0.2, 0.25) is 0 Å². The molecule has 0 bridgehead atoms. The number of nitrogens with one attached hydrogen (secondary N) is 1. The summed E-state index contributed by atoms with van der Waals surface area (Å²) in [6.45, 7) is 7.43. The van der Waals surface area contributed by atoms with Gasteiger partial charge in [-0.3, -0.25) is 0 Å². The van der Waals surface area contributed by atoms with Crippen molar-refractivity contribution in [3.63, 3.8) is 0 Å². The Morgan fingerprint density at radius 3 is 2.55 bits per heavy atom. The maximum absolute atomic E-state index is 6.05. The van der Waals surface area contributed by atoms with Crippen LogP contribution in [0.1, 0.15) is 50.7 Å². The van der Waals surface area contributed by atoms with Crippen molar-refractivity contribution in [2.75, 3.05) is 13.1 Å². The lowest BCUT2D eigenvalue weighted by Gasteiger charge is -2.14. The first-order valence-electron chi connectivity index (χ1n) is 8.15. The molecule has 1 aliphatic rings. The quantitative estimate of drug-likeness (QED) is 0.726. The van der Waals surface area contributed by atoms with E-state index in [1.165, 1.54) is 36.8 Å². The highest BCUT2D eigenvalue weighted by Gasteiger charge is 2.15. The van der Waals surface area contributed by atoms with Gasteiger partial charge < -0.3 is 10.1 Å². The van der Waals surface area contributed by atoms with E-state index in [2.05, 4.69) is 43.4 Å². The molecule has 0 unspecified atom stereocenters. The van der Waals surface area contributed by atoms with Crippen LogP contribution >= 0.6 is 0 Å². The fourth-order valence-electron chi connectivity index (χ4n) is 2.82. The van der Waals surface area contributed by atoms with Crippen LogP contribution in [-0.2, 0) is 17.8 Å². The summed E-state index contributed by atoms with van der Waals surface area (Å²) in [7, 11) is 0. The molecule has 0 heterocycles. The van der Waals surface area contributed by atoms with Crippen molar-refractivity contribution in [2.45, 2.75) is 58.7 Å². The molecule has 2 nitrogen and oxygen atoms in total. The third-order valence-electron chi connectivity index (χ3n) is 4.02. The van der Waals surface area contributed by atoms with Gasteiger partial charge in [0.25, 0.3) is 0 Å². The lowest BCUT2D eigenvalue weighted by molar-refractivity contribution is 0.0453. The summed E-state index contributed by atoms with van der Waals surface area (Å²) in [5, 5.41) is 3.52. The summed E-state index contributed by atoms with van der Waals surface area (Å²) in [5.41, 5.74) is 2.80. The van der Waals surface area contributed by atoms with Gasteiger partial charge in [0.05, 0.1) is 12.7 Å². The molecule has 0 radical (unpaired) electrons. The summed E-state index contributed by atoms with van der Waals surface area (Å²) < 4.78 is 6.05. The Morgan fingerprint density at radius 1 is 1.15 bits per heavy atom. The molecule has 1 aliphatic carbocycles. The fourth-order valence-corrected chi connectivity index (χ4v) is 2.82. The maximum Gasteiger partial charge on any atom is 0.0723 e. The van der Waals surface area contributed by atoms with Crippen LogP contribution in [0.2, 0.25) is 0 Å². The minimum absolute atomic E-state index is 0.502. The van der Waals surface area contributed by atoms with Crippen LogP contribution in [0.5, 0.6) is 0 Å². The normalized spacial score (nSPS) is 16.1. The first-order chi connectivity index (χ1) is 9.75. The number of ether oxygens (including phenoxy) is 1. The van der Waals surface area contributed by atoms with Crippen molar-refractivity contribution in [3.8, 4) is 0 Å². The molecule has 1 fully saturated rings. The lowest BCUT2D eigenvalue weighted by atomic mass is 10.0. The van der Waals surface area contributed by atoms with Crippen molar-refractivity contribution in [1.29, 1.82) is 0 Å². The molecular formula is C18H29NO. The van der Waals surface area contributed by atoms with E-state index in [1.807, 2.05) is 0 Å². The van der Waals surface area contributed by atoms with E-state index in [0.29, 0.717) is 6.10 Å². The van der Waals surface area contributed by atoms with Crippen molar-refractivity contribution in [2.24, 2.45) is 5.92 Å². The zero-order chi connectivity index (χ0) is 14.2. The van der Waals surface area contributed by atoms with Crippen LogP contribution in [0.3, 0.4) is 0 Å². The Bertz CT molecular complexity index is 383. The minimum atomic E-state index is 0.502. The molecule has 0 aromatic heterocycles. The van der Waals surface area contributed by atoms with Gasteiger partial charge in [-0.2, -0.15) is 0 Å². The molecule has 0 spiro atoms. The highest BCUT2D eigenvalue weighted by atomic mass is 16.5. The average Bonchev–Trinajstić information content (AvgIpc) is 2.95. The molecule has 112 valence electrons. The van der Waals surface area contributed by atoms with Crippen LogP contribution in [0.4, 0.5) is 0 Å². The first-order valence-corrected chi connectivity index (χ1v) is 8.15. The molecule has 0 aliphatic heterocycles. The second-order valence-corrected chi connectivity index (χ2v) is 6.33. The summed E-state index contributed by atoms with van der Waals surface area (Å²) in [4.78, 5) is 0. The molecule has 0 atom stereocenters. The zero-order valence-corrected chi connectivity index (χ0v) is 13.0. The Kier molecular flexibility index (Phi) is 6.55. The van der Waals surface area contributed by atoms with Crippen molar-refractivity contribution < 1.29 is 4.74 Å². The molecule has 0 saturated heterocycles. The van der Waals surface area contributed by atoms with Crippen LogP contribution in [0.15, 0.2) is 24.3 Å². The van der Waals surface area contributed by atoms with Gasteiger partial charge in [0.1, 0.15) is 0 Å². The van der Waals surface area contributed by atoms with Gasteiger partial charge in [0.15, 0.2) is 0 Å². The minimum Gasteiger partial charge on any atom is -0.374 e. The van der Waals surface area contributed by atoms with E-state index in [1.54, 1.807) is 0 Å². The molecule has 1 aromatic carbocycles. The Balaban J connectivity index is 1.78. The van der Waals surface area contributed by atoms with Crippen LogP contribution in [0, 0.1) is 5.92 Å². The van der Waals surface area contributed by atoms with Gasteiger partial charge in [-0.1, -0.05) is 51.0 Å². The van der Waals surface area contributed by atoms with Crippen LogP contribution in [0.25, 0.3) is 0 Å². The molecule has 1 N–H and O–H groups in total. The molecule has 0 amide bonds. The molecule has 2 heteroatoms. The van der Waals surface area contributed by atoms with Crippen LogP contribution in [-0.4, -0.2) is 19.2 Å². The zero-order valence-electron chi connectivity index (χ0n) is 13.0. The van der Waals surface area contributed by atoms with Gasteiger partial charge in [-0.15, -0.1) is 0 Å². The van der Waals surface area contributed by atoms with E-state index in [9.17, 15) is 0 Å². The topological polar surface area (TPSA) is 21.3 Å². The first kappa shape index (κ1) is 15.5. The van der Waals surface area contributed by atoms with Crippen LogP contribution < -0.4 is 5.32 Å². The van der Waals surface area contributed by atoms with E-state index in [-0.39, 0.29) is 0 Å². The fraction of sp³-hybridized carbons (Fsp3) is 0.667. The molecular weight excluding hydrogens is 246 g/mol. The standard InChI is InChI=1S/C18H29NO/c1-15(2)13-19-12-11-16-7-3-4-8-17(16)14-20-18-9-5-6-10-18/h3-4,7-8,15,18-19H,5-6,9-14H2,1-2H3. The largest absolute Gasteiger partial charge is 0.374 e.